The zero-order chi connectivity index (χ0) is 14.1. The molecule has 0 aromatic heterocycles. The molecule has 0 radical (unpaired) electrons. The summed E-state index contributed by atoms with van der Waals surface area (Å²) in [5.41, 5.74) is 2.44. The molecule has 106 valence electrons. The van der Waals surface area contributed by atoms with E-state index < -0.39 is 6.16 Å². The number of hydrogen-bond acceptors (Lipinski definition) is 5. The molecule has 2 N–H and O–H groups in total. The van der Waals surface area contributed by atoms with E-state index in [9.17, 15) is 0 Å². The Bertz CT molecular complexity index is 396. The van der Waals surface area contributed by atoms with Gasteiger partial charge in [-0.15, -0.1) is 0 Å². The summed E-state index contributed by atoms with van der Waals surface area (Å²) in [6.45, 7) is 0. The maximum absolute atomic E-state index is 8.33. The molecule has 0 unspecified atom stereocenters. The average Bonchev–Trinajstić information content (AvgIpc) is 2.40. The summed E-state index contributed by atoms with van der Waals surface area (Å²) < 4.78 is 0. The minimum absolute atomic E-state index is 0. The monoisotopic (exact) mass is 342 g/mol. The van der Waals surface area contributed by atoms with Crippen LogP contribution in [-0.4, -0.2) is 19.2 Å². The minimum Gasteiger partial charge on any atom is -0.652 e. The van der Waals surface area contributed by atoms with E-state index in [-0.39, 0.29) is 103 Å². The first kappa shape index (κ1) is 24.6. The Labute approximate surface area is 211 Å². The van der Waals surface area contributed by atoms with Crippen molar-refractivity contribution in [3.8, 4) is 0 Å². The predicted octanol–water partition coefficient (Wildman–Crippen LogP) is -4.97. The molecule has 1 aromatic carbocycles. The van der Waals surface area contributed by atoms with Crippen molar-refractivity contribution in [2.45, 2.75) is 38.1 Å². The molecular formula is C14H20K2N2O3. The molecule has 7 heteroatoms. The van der Waals surface area contributed by atoms with E-state index in [1.807, 2.05) is 7.05 Å². The summed E-state index contributed by atoms with van der Waals surface area (Å²) in [6.07, 6.45) is 4.46. The fraction of sp³-hybridized carbons (Fsp3) is 0.500. The van der Waals surface area contributed by atoms with Gasteiger partial charge in [-0.1, -0.05) is 31.4 Å². The summed E-state index contributed by atoms with van der Waals surface area (Å²) in [6, 6.07) is 9.10. The molecule has 1 aliphatic carbocycles. The number of para-hydroxylation sites is 2. The Morgan fingerprint density at radius 1 is 1.05 bits per heavy atom. The molecule has 21 heavy (non-hydrogen) atoms. The number of carboxylic acid groups (broad SMARTS) is 2. The Kier molecular flexibility index (Phi) is 17.5. The van der Waals surface area contributed by atoms with Crippen molar-refractivity contribution in [2.24, 2.45) is 0 Å². The van der Waals surface area contributed by atoms with Gasteiger partial charge >= 0.3 is 103 Å². The average molecular weight is 343 g/mol. The van der Waals surface area contributed by atoms with Gasteiger partial charge in [0.25, 0.3) is 0 Å². The maximum Gasteiger partial charge on any atom is 1.00 e. The van der Waals surface area contributed by atoms with Gasteiger partial charge in [0, 0.05) is 13.1 Å². The van der Waals surface area contributed by atoms with Crippen LogP contribution in [0.3, 0.4) is 0 Å². The smallest absolute Gasteiger partial charge is 0.652 e. The summed E-state index contributed by atoms with van der Waals surface area (Å²) in [5.74, 6) is 0. The van der Waals surface area contributed by atoms with Crippen LogP contribution in [0.1, 0.15) is 32.1 Å². The van der Waals surface area contributed by atoms with E-state index in [0.29, 0.717) is 6.04 Å². The van der Waals surface area contributed by atoms with Gasteiger partial charge in [-0.25, -0.2) is 0 Å². The molecule has 2 rings (SSSR count). The summed E-state index contributed by atoms with van der Waals surface area (Å²) >= 11 is 0. The Balaban J connectivity index is 0. The second-order valence-electron chi connectivity index (χ2n) is 4.52. The number of carbonyl (C=O) groups excluding carboxylic acids is 1. The van der Waals surface area contributed by atoms with Crippen LogP contribution in [0.5, 0.6) is 0 Å². The molecule has 0 saturated heterocycles. The van der Waals surface area contributed by atoms with Crippen LogP contribution in [-0.2, 0) is 0 Å². The van der Waals surface area contributed by atoms with Gasteiger partial charge in [0.15, 0.2) is 0 Å². The van der Waals surface area contributed by atoms with Crippen LogP contribution in [0.25, 0.3) is 0 Å². The molecular weight excluding hydrogens is 322 g/mol. The van der Waals surface area contributed by atoms with Crippen molar-refractivity contribution in [1.29, 1.82) is 0 Å². The van der Waals surface area contributed by atoms with Crippen molar-refractivity contribution in [3.63, 3.8) is 0 Å². The molecule has 0 spiro atoms. The molecule has 0 bridgehead atoms. The van der Waals surface area contributed by atoms with E-state index in [1.54, 1.807) is 0 Å². The third-order valence-corrected chi connectivity index (χ3v) is 3.16. The van der Waals surface area contributed by atoms with E-state index in [0.717, 1.165) is 0 Å². The molecule has 0 aliphatic heterocycles. The molecule has 1 aromatic rings. The zero-order valence-electron chi connectivity index (χ0n) is 13.1. The molecule has 0 heterocycles. The number of benzene rings is 1. The number of hydrogen-bond donors (Lipinski definition) is 2. The number of carbonyl (C=O) groups is 1. The van der Waals surface area contributed by atoms with Crippen molar-refractivity contribution in [1.82, 2.24) is 0 Å². The zero-order valence-corrected chi connectivity index (χ0v) is 19.4. The van der Waals surface area contributed by atoms with E-state index >= 15 is 0 Å². The van der Waals surface area contributed by atoms with Crippen molar-refractivity contribution < 1.29 is 118 Å². The molecule has 1 saturated carbocycles. The number of nitrogens with one attached hydrogen (secondary N) is 2. The largest absolute Gasteiger partial charge is 1.00 e. The van der Waals surface area contributed by atoms with Gasteiger partial charge in [-0.2, -0.15) is 0 Å². The fourth-order valence-electron chi connectivity index (χ4n) is 2.29. The quantitative estimate of drug-likeness (QED) is 0.538. The first-order valence-corrected chi connectivity index (χ1v) is 6.54. The van der Waals surface area contributed by atoms with Crippen LogP contribution in [0.4, 0.5) is 16.2 Å². The third-order valence-electron chi connectivity index (χ3n) is 3.16. The van der Waals surface area contributed by atoms with Gasteiger partial charge in [0.2, 0.25) is 0 Å². The van der Waals surface area contributed by atoms with Crippen LogP contribution in [0.2, 0.25) is 0 Å². The standard InChI is InChI=1S/C13H20N2.CH2O3.2K/c1-14-12-9-5-6-10-13(12)15-11-7-3-2-4-8-11;2-1(3)4;;/h5-6,9-11,14-15H,2-4,7-8H2,1H3;(H2,2,3,4);;/q;;2*+1/p-2. The minimum atomic E-state index is -2.33. The second kappa shape index (κ2) is 14.9. The van der Waals surface area contributed by atoms with Gasteiger partial charge in [0.05, 0.1) is 11.4 Å². The SMILES string of the molecule is CNc1ccccc1NC1CCCCC1.O=C([O-])[O-].[K+].[K+]. The molecule has 0 amide bonds. The first-order chi connectivity index (χ1) is 9.13. The van der Waals surface area contributed by atoms with Gasteiger partial charge in [-0.05, 0) is 31.1 Å². The van der Waals surface area contributed by atoms with Crippen LogP contribution >= 0.6 is 0 Å². The van der Waals surface area contributed by atoms with Crippen molar-refractivity contribution >= 4 is 17.5 Å². The second-order valence-corrected chi connectivity index (χ2v) is 4.52. The normalized spacial score (nSPS) is 13.6. The summed E-state index contributed by atoms with van der Waals surface area (Å²) in [7, 11) is 1.97. The first-order valence-electron chi connectivity index (χ1n) is 6.54. The number of rotatable bonds is 3. The third kappa shape index (κ3) is 11.5. The van der Waals surface area contributed by atoms with Crippen LogP contribution in [0, 0.1) is 0 Å². The Morgan fingerprint density at radius 3 is 2.00 bits per heavy atom. The van der Waals surface area contributed by atoms with E-state index in [1.165, 1.54) is 43.5 Å². The summed E-state index contributed by atoms with van der Waals surface area (Å²) in [5, 5.41) is 23.5. The van der Waals surface area contributed by atoms with Crippen LogP contribution in [0.15, 0.2) is 24.3 Å². The molecule has 0 atom stereocenters. The maximum atomic E-state index is 8.33. The topological polar surface area (TPSA) is 87.2 Å². The van der Waals surface area contributed by atoms with Gasteiger partial charge < -0.3 is 25.6 Å². The fourth-order valence-corrected chi connectivity index (χ4v) is 2.29. The van der Waals surface area contributed by atoms with Gasteiger partial charge in [-0.3, -0.25) is 0 Å². The number of anilines is 2. The van der Waals surface area contributed by atoms with Gasteiger partial charge in [0.1, 0.15) is 0 Å². The Morgan fingerprint density at radius 2 is 1.52 bits per heavy atom. The molecule has 1 fully saturated rings. The Hall–Kier alpha value is 1.36. The van der Waals surface area contributed by atoms with Crippen molar-refractivity contribution in [3.05, 3.63) is 24.3 Å². The van der Waals surface area contributed by atoms with Crippen LogP contribution < -0.4 is 124 Å². The van der Waals surface area contributed by atoms with Crippen molar-refractivity contribution in [2.75, 3.05) is 17.7 Å². The predicted molar refractivity (Wildman–Crippen MR) is 71.9 cm³/mol. The van der Waals surface area contributed by atoms with E-state index in [4.69, 9.17) is 15.0 Å². The summed E-state index contributed by atoms with van der Waals surface area (Å²) in [4.78, 5) is 8.33. The molecule has 5 nitrogen and oxygen atoms in total. The molecule has 1 aliphatic rings. The van der Waals surface area contributed by atoms with E-state index in [2.05, 4.69) is 34.9 Å².